The van der Waals surface area contributed by atoms with E-state index in [2.05, 4.69) is 13.8 Å². The summed E-state index contributed by atoms with van der Waals surface area (Å²) in [4.78, 5) is 14.2. The molecule has 1 amide bonds. The third-order valence-electron chi connectivity index (χ3n) is 4.05. The molecule has 1 atom stereocenters. The standard InChI is InChI=1S/C16H23ClN2OS/c1-16(2)11-19(7-6-14(16)18)15(20)10-21-9-12-4-3-5-13(17)8-12/h3-5,8,14H,6-7,9-11,18H2,1-2H3. The lowest BCUT2D eigenvalue weighted by Crippen LogP contribution is -2.54. The molecule has 0 bridgehead atoms. The van der Waals surface area contributed by atoms with Gasteiger partial charge in [-0.05, 0) is 29.5 Å². The van der Waals surface area contributed by atoms with Crippen LogP contribution in [-0.4, -0.2) is 35.7 Å². The van der Waals surface area contributed by atoms with E-state index in [0.717, 1.165) is 35.8 Å². The average molecular weight is 327 g/mol. The molecular weight excluding hydrogens is 304 g/mol. The number of nitrogens with zero attached hydrogens (tertiary/aromatic N) is 1. The summed E-state index contributed by atoms with van der Waals surface area (Å²) in [7, 11) is 0. The van der Waals surface area contributed by atoms with Crippen LogP contribution in [0.2, 0.25) is 5.02 Å². The van der Waals surface area contributed by atoms with Gasteiger partial charge in [-0.3, -0.25) is 4.79 Å². The van der Waals surface area contributed by atoms with Gasteiger partial charge < -0.3 is 10.6 Å². The van der Waals surface area contributed by atoms with Crippen molar-refractivity contribution in [2.45, 2.75) is 32.1 Å². The fourth-order valence-corrected chi connectivity index (χ4v) is 3.65. The van der Waals surface area contributed by atoms with Gasteiger partial charge in [-0.15, -0.1) is 11.8 Å². The minimum atomic E-state index is 0.00549. The Hall–Kier alpha value is -0.710. The highest BCUT2D eigenvalue weighted by molar-refractivity contribution is 7.99. The second-order valence-electron chi connectivity index (χ2n) is 6.32. The van der Waals surface area contributed by atoms with Gasteiger partial charge in [0.15, 0.2) is 0 Å². The number of benzene rings is 1. The number of rotatable bonds is 4. The van der Waals surface area contributed by atoms with Crippen LogP contribution in [0.5, 0.6) is 0 Å². The van der Waals surface area contributed by atoms with Gasteiger partial charge in [0.1, 0.15) is 0 Å². The maximum atomic E-state index is 12.3. The molecule has 1 fully saturated rings. The topological polar surface area (TPSA) is 46.3 Å². The molecule has 2 rings (SSSR count). The summed E-state index contributed by atoms with van der Waals surface area (Å²) in [6.07, 6.45) is 0.887. The molecule has 1 aliphatic heterocycles. The number of hydrogen-bond donors (Lipinski definition) is 1. The number of hydrogen-bond acceptors (Lipinski definition) is 3. The fraction of sp³-hybridized carbons (Fsp3) is 0.562. The quantitative estimate of drug-likeness (QED) is 0.924. The molecular formula is C16H23ClN2OS. The van der Waals surface area contributed by atoms with Crippen LogP contribution in [0.3, 0.4) is 0 Å². The Bertz CT molecular complexity index is 507. The lowest BCUT2D eigenvalue weighted by Gasteiger charge is -2.42. The van der Waals surface area contributed by atoms with Crippen molar-refractivity contribution in [2.24, 2.45) is 11.1 Å². The van der Waals surface area contributed by atoms with E-state index in [0.29, 0.717) is 5.75 Å². The van der Waals surface area contributed by atoms with Crippen LogP contribution in [-0.2, 0) is 10.5 Å². The van der Waals surface area contributed by atoms with Gasteiger partial charge in [-0.1, -0.05) is 37.6 Å². The summed E-state index contributed by atoms with van der Waals surface area (Å²) in [6, 6.07) is 7.96. The summed E-state index contributed by atoms with van der Waals surface area (Å²) in [5.74, 6) is 1.53. The molecule has 0 aromatic heterocycles. The lowest BCUT2D eigenvalue weighted by atomic mass is 9.80. The highest BCUT2D eigenvalue weighted by Crippen LogP contribution is 2.28. The monoisotopic (exact) mass is 326 g/mol. The van der Waals surface area contributed by atoms with Crippen molar-refractivity contribution < 1.29 is 4.79 Å². The first-order valence-corrected chi connectivity index (χ1v) is 8.77. The Morgan fingerprint density at radius 2 is 2.29 bits per heavy atom. The maximum Gasteiger partial charge on any atom is 0.232 e. The SMILES string of the molecule is CC1(C)CN(C(=O)CSCc2cccc(Cl)c2)CCC1N. The molecule has 0 spiro atoms. The highest BCUT2D eigenvalue weighted by Gasteiger charge is 2.35. The smallest absolute Gasteiger partial charge is 0.232 e. The number of thioether (sulfide) groups is 1. The number of amides is 1. The molecule has 1 unspecified atom stereocenters. The zero-order valence-electron chi connectivity index (χ0n) is 12.6. The lowest BCUT2D eigenvalue weighted by molar-refractivity contribution is -0.131. The van der Waals surface area contributed by atoms with Gasteiger partial charge in [-0.25, -0.2) is 0 Å². The Labute approximate surface area is 136 Å². The number of likely N-dealkylation sites (tertiary alicyclic amines) is 1. The molecule has 116 valence electrons. The molecule has 3 nitrogen and oxygen atoms in total. The Morgan fingerprint density at radius 1 is 1.52 bits per heavy atom. The van der Waals surface area contributed by atoms with Gasteiger partial charge in [0, 0.05) is 29.9 Å². The number of carbonyl (C=O) groups is 1. The number of carbonyl (C=O) groups excluding carboxylic acids is 1. The summed E-state index contributed by atoms with van der Waals surface area (Å²) in [5.41, 5.74) is 7.27. The van der Waals surface area contributed by atoms with Gasteiger partial charge in [0.05, 0.1) is 5.75 Å². The van der Waals surface area contributed by atoms with Crippen LogP contribution in [0.15, 0.2) is 24.3 Å². The summed E-state index contributed by atoms with van der Waals surface area (Å²) >= 11 is 7.59. The largest absolute Gasteiger partial charge is 0.341 e. The van der Waals surface area contributed by atoms with Crippen molar-refractivity contribution in [1.29, 1.82) is 0 Å². The molecule has 2 N–H and O–H groups in total. The van der Waals surface area contributed by atoms with Crippen LogP contribution in [0.1, 0.15) is 25.8 Å². The Morgan fingerprint density at radius 3 is 2.95 bits per heavy atom. The molecule has 1 aliphatic rings. The van der Waals surface area contributed by atoms with E-state index in [1.54, 1.807) is 11.8 Å². The van der Waals surface area contributed by atoms with E-state index >= 15 is 0 Å². The fourth-order valence-electron chi connectivity index (χ4n) is 2.56. The predicted octanol–water partition coefficient (Wildman–Crippen LogP) is 3.16. The third-order valence-corrected chi connectivity index (χ3v) is 5.27. The van der Waals surface area contributed by atoms with Crippen LogP contribution >= 0.6 is 23.4 Å². The number of piperidine rings is 1. The van der Waals surface area contributed by atoms with Crippen molar-refractivity contribution in [1.82, 2.24) is 4.90 Å². The minimum absolute atomic E-state index is 0.00549. The Balaban J connectivity index is 1.80. The van der Waals surface area contributed by atoms with Crippen molar-refractivity contribution in [3.63, 3.8) is 0 Å². The molecule has 21 heavy (non-hydrogen) atoms. The number of nitrogens with two attached hydrogens (primary N) is 1. The molecule has 0 aliphatic carbocycles. The molecule has 1 aromatic carbocycles. The normalized spacial score (nSPS) is 21.3. The van der Waals surface area contributed by atoms with Crippen LogP contribution in [0, 0.1) is 5.41 Å². The molecule has 1 heterocycles. The van der Waals surface area contributed by atoms with E-state index in [4.69, 9.17) is 17.3 Å². The molecule has 0 radical (unpaired) electrons. The van der Waals surface area contributed by atoms with Gasteiger partial charge in [0.2, 0.25) is 5.91 Å². The third kappa shape index (κ3) is 4.63. The molecule has 5 heteroatoms. The average Bonchev–Trinajstić information content (AvgIpc) is 2.42. The first-order valence-electron chi connectivity index (χ1n) is 7.24. The van der Waals surface area contributed by atoms with Crippen LogP contribution in [0.4, 0.5) is 0 Å². The summed E-state index contributed by atoms with van der Waals surface area (Å²) in [5, 5.41) is 0.742. The predicted molar refractivity (Wildman–Crippen MR) is 90.6 cm³/mol. The zero-order chi connectivity index (χ0) is 15.5. The van der Waals surface area contributed by atoms with E-state index < -0.39 is 0 Å². The minimum Gasteiger partial charge on any atom is -0.341 e. The summed E-state index contributed by atoms with van der Waals surface area (Å²) in [6.45, 7) is 5.80. The van der Waals surface area contributed by atoms with Crippen molar-refractivity contribution in [3.05, 3.63) is 34.9 Å². The van der Waals surface area contributed by atoms with Crippen LogP contribution < -0.4 is 5.73 Å². The molecule has 1 aromatic rings. The van der Waals surface area contributed by atoms with E-state index in [-0.39, 0.29) is 17.4 Å². The maximum absolute atomic E-state index is 12.3. The number of halogens is 1. The van der Waals surface area contributed by atoms with Gasteiger partial charge >= 0.3 is 0 Å². The van der Waals surface area contributed by atoms with Gasteiger partial charge in [0.25, 0.3) is 0 Å². The van der Waals surface area contributed by atoms with Gasteiger partial charge in [-0.2, -0.15) is 0 Å². The van der Waals surface area contributed by atoms with Crippen LogP contribution in [0.25, 0.3) is 0 Å². The van der Waals surface area contributed by atoms with E-state index in [9.17, 15) is 4.79 Å². The molecule has 0 saturated carbocycles. The van der Waals surface area contributed by atoms with Crippen molar-refractivity contribution in [3.8, 4) is 0 Å². The first-order chi connectivity index (χ1) is 9.88. The summed E-state index contributed by atoms with van der Waals surface area (Å²) < 4.78 is 0. The van der Waals surface area contributed by atoms with Crippen molar-refractivity contribution >= 4 is 29.3 Å². The Kier molecular flexibility index (Phi) is 5.58. The van der Waals surface area contributed by atoms with E-state index in [1.165, 1.54) is 0 Å². The highest BCUT2D eigenvalue weighted by atomic mass is 35.5. The van der Waals surface area contributed by atoms with E-state index in [1.807, 2.05) is 29.2 Å². The zero-order valence-corrected chi connectivity index (χ0v) is 14.2. The molecule has 1 saturated heterocycles. The second-order valence-corrected chi connectivity index (χ2v) is 7.74. The van der Waals surface area contributed by atoms with Crippen molar-refractivity contribution in [2.75, 3.05) is 18.8 Å². The second kappa shape index (κ2) is 7.03. The first kappa shape index (κ1) is 16.7.